The number of carbonyl (C=O) groups excluding carboxylic acids is 14. The number of hydrogen-bond donors (Lipinski definition) is 18. The zero-order valence-electron chi connectivity index (χ0n) is 74.1. The van der Waals surface area contributed by atoms with E-state index in [2.05, 4.69) is 41.9 Å². The first-order chi connectivity index (χ1) is 60.2. The lowest BCUT2D eigenvalue weighted by atomic mass is 9.90. The number of amides is 8. The van der Waals surface area contributed by atoms with Crippen LogP contribution in [0.25, 0.3) is 6.08 Å². The van der Waals surface area contributed by atoms with E-state index in [9.17, 15) is 75.5 Å². The van der Waals surface area contributed by atoms with Crippen molar-refractivity contribution in [3.05, 3.63) is 197 Å². The molecule has 0 aliphatic carbocycles. The fourth-order valence-corrected chi connectivity index (χ4v) is 11.2. The highest BCUT2D eigenvalue weighted by atomic mass is 32.2. The third-order valence-corrected chi connectivity index (χ3v) is 18.3. The molecule has 1 fully saturated rings. The Kier molecular flexibility index (Phi) is 75.8. The molecule has 36 heteroatoms. The van der Waals surface area contributed by atoms with Gasteiger partial charge < -0.3 is 90.5 Å². The molecular formula is C91H142N18O17S. The quantitative estimate of drug-likeness (QED) is 0.00872. The molecular weight excluding hydrogens is 1650 g/mol. The van der Waals surface area contributed by atoms with Gasteiger partial charge in [0.1, 0.15) is 17.3 Å². The van der Waals surface area contributed by atoms with Crippen LogP contribution in [0.5, 0.6) is 0 Å². The topological polar surface area (TPSA) is 711 Å². The summed E-state index contributed by atoms with van der Waals surface area (Å²) < 4.78 is 20.2. The zero-order valence-corrected chi connectivity index (χ0v) is 74.9. The van der Waals surface area contributed by atoms with Gasteiger partial charge in [0.25, 0.3) is 5.91 Å². The number of primary amides is 5. The molecule has 704 valence electrons. The maximum absolute atomic E-state index is 13.0. The summed E-state index contributed by atoms with van der Waals surface area (Å²) in [5, 5.41) is 15.0. The predicted molar refractivity (Wildman–Crippen MR) is 497 cm³/mol. The molecule has 1 heterocycles. The van der Waals surface area contributed by atoms with Gasteiger partial charge in [-0.2, -0.15) is 0 Å². The highest BCUT2D eigenvalue weighted by Crippen LogP contribution is 2.26. The van der Waals surface area contributed by atoms with Crippen LogP contribution < -0.4 is 96.2 Å². The van der Waals surface area contributed by atoms with Crippen molar-refractivity contribution in [1.82, 2.24) is 15.7 Å². The molecule has 1 aliphatic rings. The maximum atomic E-state index is 13.0. The van der Waals surface area contributed by atoms with Gasteiger partial charge in [0.15, 0.2) is 17.3 Å². The van der Waals surface area contributed by atoms with Gasteiger partial charge in [-0.3, -0.25) is 72.3 Å². The van der Waals surface area contributed by atoms with Crippen molar-refractivity contribution in [1.29, 1.82) is 0 Å². The second-order valence-electron chi connectivity index (χ2n) is 29.0. The molecule has 33 N–H and O–H groups in total. The molecule has 5 aromatic carbocycles. The number of benzene rings is 5. The monoisotopic (exact) mass is 1790 g/mol. The molecule has 35 nitrogen and oxygen atoms in total. The number of nitrogens with zero attached hydrogens (tertiary/aromatic N) is 1. The molecule has 0 bridgehead atoms. The van der Waals surface area contributed by atoms with E-state index >= 15 is 0 Å². The highest BCUT2D eigenvalue weighted by molar-refractivity contribution is 7.89. The third kappa shape index (κ3) is 76.6. The molecule has 0 saturated carbocycles. The summed E-state index contributed by atoms with van der Waals surface area (Å²) in [6.45, 7) is 10.6. The number of Topliss-reactive ketones (excluding diaryl/α,β-unsaturated/α-hetero) is 5. The second kappa shape index (κ2) is 79.1. The van der Waals surface area contributed by atoms with E-state index in [1.54, 1.807) is 24.0 Å². The van der Waals surface area contributed by atoms with Crippen LogP contribution in [0.4, 0.5) is 0 Å². The summed E-state index contributed by atoms with van der Waals surface area (Å²) in [6.07, 6.45) is 18.2. The van der Waals surface area contributed by atoms with E-state index in [0.717, 1.165) is 41.5 Å². The molecule has 0 unspecified atom stereocenters. The molecule has 0 aromatic heterocycles. The zero-order chi connectivity index (χ0) is 96.8. The summed E-state index contributed by atoms with van der Waals surface area (Å²) in [5.74, 6) is 1.86. The molecule has 5 atom stereocenters. The maximum Gasteiger partial charge on any atom is 0.293 e. The van der Waals surface area contributed by atoms with Gasteiger partial charge >= 0.3 is 0 Å². The van der Waals surface area contributed by atoms with Crippen molar-refractivity contribution in [2.75, 3.05) is 58.1 Å². The highest BCUT2D eigenvalue weighted by Gasteiger charge is 2.36. The fourth-order valence-electron chi connectivity index (χ4n) is 10.6. The van der Waals surface area contributed by atoms with Gasteiger partial charge in [-0.15, -0.1) is 0 Å². The first-order valence-corrected chi connectivity index (χ1v) is 43.4. The Labute approximate surface area is 748 Å². The minimum absolute atomic E-state index is 0.0104. The van der Waals surface area contributed by atoms with Crippen LogP contribution in [-0.4, -0.2) is 183 Å². The molecule has 6 rings (SSSR count). The van der Waals surface area contributed by atoms with Crippen molar-refractivity contribution in [3.63, 3.8) is 0 Å². The number of aryl methyl sites for hydroxylation is 5. The first kappa shape index (κ1) is 122. The minimum Gasteiger partial charge on any atom is -0.370 e. The Morgan fingerprint density at radius 3 is 1.33 bits per heavy atom. The van der Waals surface area contributed by atoms with Crippen LogP contribution >= 0.6 is 0 Å². The number of sulfonamides is 1. The van der Waals surface area contributed by atoms with Crippen molar-refractivity contribution in [3.8, 4) is 11.8 Å². The fraction of sp³-hybridized carbons (Fsp3) is 0.451. The number of hydroxylamine groups is 1. The molecule has 1 saturated heterocycles. The number of likely N-dealkylation sites (tertiary alicyclic amines) is 1. The number of carbonyl (C=O) groups is 14. The molecule has 0 radical (unpaired) electrons. The van der Waals surface area contributed by atoms with Gasteiger partial charge in [0.05, 0.1) is 43.0 Å². The third-order valence-electron chi connectivity index (χ3n) is 17.4. The summed E-state index contributed by atoms with van der Waals surface area (Å²) in [5.41, 5.74) is 79.6. The van der Waals surface area contributed by atoms with Crippen LogP contribution in [0.3, 0.4) is 0 Å². The molecule has 1 aliphatic heterocycles. The lowest BCUT2D eigenvalue weighted by Gasteiger charge is -2.28. The number of nitrogens with two attached hydrogens (primary N) is 15. The number of primary sulfonamides is 1. The Morgan fingerprint density at radius 2 is 0.984 bits per heavy atom. The normalized spacial score (nSPS) is 12.3. The van der Waals surface area contributed by atoms with Crippen LogP contribution in [-0.2, 0) is 103 Å². The largest absolute Gasteiger partial charge is 0.370 e. The SMILES string of the molecule is CC(=O)[C@@H]1CCCN1C(=O)[C@@H](CC(=O)/C=C/c1ccc(C)cc1)CC(C)C.NC(=O)CCC[C@H](N)C(=O)CCc1ccccc1.NC(=O)CC[C@H](N)C(=O)CCc1ccccc1.NC/C=C/C(N)=O.NCC#CC(N)=O.NCC(=O)CCc1ccccc1.NCCCC(=O)NO.NCCCC(N)=O.NCCCS(N)(=O)=O.N[C@@H](CNC=O)C(=O)CCc1ccccc1. The average Bonchev–Trinajstić information content (AvgIpc) is 1.75. The number of ketones is 6. The first-order valence-electron chi connectivity index (χ1n) is 41.7. The summed E-state index contributed by atoms with van der Waals surface area (Å²) in [6, 6.07) is 45.3. The van der Waals surface area contributed by atoms with Crippen molar-refractivity contribution >= 4 is 98.6 Å². The number of hydrogen-bond acceptors (Lipinski definition) is 26. The number of nitrogens with one attached hydrogen (secondary N) is 2. The molecule has 0 spiro atoms. The summed E-state index contributed by atoms with van der Waals surface area (Å²) >= 11 is 0. The lowest BCUT2D eigenvalue weighted by molar-refractivity contribution is -0.142. The predicted octanol–water partition coefficient (Wildman–Crippen LogP) is 2.06. The average molecular weight is 1790 g/mol. The Hall–Kier alpha value is -11.6. The van der Waals surface area contributed by atoms with E-state index in [1.807, 2.05) is 153 Å². The Bertz CT molecular complexity index is 4180. The van der Waals surface area contributed by atoms with Gasteiger partial charge in [0.2, 0.25) is 51.9 Å². The van der Waals surface area contributed by atoms with Gasteiger partial charge in [-0.25, -0.2) is 19.0 Å². The Morgan fingerprint density at radius 1 is 0.551 bits per heavy atom. The van der Waals surface area contributed by atoms with Crippen LogP contribution in [0.2, 0.25) is 0 Å². The summed E-state index contributed by atoms with van der Waals surface area (Å²) in [4.78, 5) is 156. The van der Waals surface area contributed by atoms with Crippen LogP contribution in [0.1, 0.15) is 170 Å². The van der Waals surface area contributed by atoms with Crippen molar-refractivity contribution in [2.45, 2.75) is 193 Å². The minimum atomic E-state index is -3.27. The molecule has 8 amide bonds. The molecule has 5 aromatic rings. The van der Waals surface area contributed by atoms with Crippen LogP contribution in [0.15, 0.2) is 164 Å². The van der Waals surface area contributed by atoms with E-state index in [0.29, 0.717) is 154 Å². The number of rotatable bonds is 45. The summed E-state index contributed by atoms with van der Waals surface area (Å²) in [7, 11) is -3.27. The lowest BCUT2D eigenvalue weighted by Crippen LogP contribution is -2.43. The van der Waals surface area contributed by atoms with Crippen molar-refractivity contribution in [2.24, 2.45) is 97.2 Å². The smallest absolute Gasteiger partial charge is 0.293 e. The van der Waals surface area contributed by atoms with Gasteiger partial charge in [-0.05, 0) is 169 Å². The Balaban J connectivity index is -0.000000686. The number of allylic oxidation sites excluding steroid dienone is 1. The van der Waals surface area contributed by atoms with Gasteiger partial charge in [-0.1, -0.05) is 183 Å². The van der Waals surface area contributed by atoms with E-state index in [4.69, 9.17) is 79.7 Å². The van der Waals surface area contributed by atoms with Gasteiger partial charge in [0, 0.05) is 83.3 Å². The van der Waals surface area contributed by atoms with E-state index < -0.39 is 45.9 Å². The van der Waals surface area contributed by atoms with E-state index in [-0.39, 0.29) is 109 Å². The second-order valence-corrected chi connectivity index (χ2v) is 30.8. The molecule has 127 heavy (non-hydrogen) atoms. The van der Waals surface area contributed by atoms with Crippen molar-refractivity contribution < 1.29 is 80.7 Å². The van der Waals surface area contributed by atoms with Crippen LogP contribution in [0, 0.1) is 30.6 Å². The van der Waals surface area contributed by atoms with E-state index in [1.165, 1.54) is 28.8 Å². The standard InChI is InChI=1S/C23H31NO3.C14H20N2O2.C13H18N2O2.C12H16N2O2.C10H13NO.C4H10N2O2.C4H10N2O.C4H8N2O.C4H6N2O.C3H10N2O2S/c1-16(2)14-20(23(27)24-13-5-6-22(24)18(4)25)15-21(26)12-11-19-9-7-17(3)8-10-19;15-12(7-4-8-14(16)18)13(17)10-9-11-5-2-1-3-6-11;14-11(7-9-13(15)17)12(16)8-6-10-4-2-1-3-5-10;13-11(8-14-9-15)12(16)7-6-10-4-2-1-3-5-10;11-8-10(12)7-6-9-4-2-1-3-5-9;5-3-1-2-4(7)6-8;3*5-3-1-2-4(6)7;4-2-1-3-8(5,6)7/h7-12,16,20,22H,5-6,13-15H2,1-4H3;1-3,5-6,12H,4,7-10,15H2,(H2,16,18);1-5,11H,6-9,14H2,(H2,15,17);1-5,9,11H,6-8,13H2,(H,14,15);1-5H,6-8,11H2;8H,1-3,5H2,(H,6,7);1-3,5H2,(H2,6,7);1-2H,3,5H2,(H2,6,7);3,5H2,(H2,6,7);1-4H2,(H2,5,6,7)/b12-11+;;;;;;;2-1+;;/t20-,22+;12-;2*11-;;;;;;/m1000....../s1.